The van der Waals surface area contributed by atoms with Crippen molar-refractivity contribution in [1.82, 2.24) is 9.96 Å². The maximum absolute atomic E-state index is 12.8. The van der Waals surface area contributed by atoms with Gasteiger partial charge >= 0.3 is 6.03 Å². The van der Waals surface area contributed by atoms with Gasteiger partial charge in [-0.3, -0.25) is 5.21 Å². The van der Waals surface area contributed by atoms with Gasteiger partial charge in [-0.15, -0.1) is 0 Å². The molecule has 1 saturated heterocycles. The van der Waals surface area contributed by atoms with E-state index in [2.05, 4.69) is 5.32 Å². The molecule has 1 fully saturated rings. The van der Waals surface area contributed by atoms with Crippen LogP contribution in [0.3, 0.4) is 0 Å². The lowest BCUT2D eigenvalue weighted by Crippen LogP contribution is -2.55. The van der Waals surface area contributed by atoms with Gasteiger partial charge in [-0.25, -0.2) is 4.79 Å². The van der Waals surface area contributed by atoms with E-state index in [1.807, 2.05) is 36.9 Å². The fourth-order valence-corrected chi connectivity index (χ4v) is 5.55. The minimum absolute atomic E-state index is 0.195. The Bertz CT molecular complexity index is 1000. The molecule has 1 atom stereocenters. The SMILES string of the molecule is CC1(C)SC(=S)N(Cc2ccc3c(c2)OCO3)[C@H]1N(O)C(=O)Nc1cccc(Cl)c1. The summed E-state index contributed by atoms with van der Waals surface area (Å²) in [6.45, 7) is 4.47. The summed E-state index contributed by atoms with van der Waals surface area (Å²) in [5, 5.41) is 14.7. The summed E-state index contributed by atoms with van der Waals surface area (Å²) in [6, 6.07) is 11.7. The highest BCUT2D eigenvalue weighted by atomic mass is 35.5. The van der Waals surface area contributed by atoms with Gasteiger partial charge in [0.2, 0.25) is 6.79 Å². The van der Waals surface area contributed by atoms with Crippen molar-refractivity contribution in [3.63, 3.8) is 0 Å². The number of carbonyl (C=O) groups excluding carboxylic acids is 1. The number of nitrogens with zero attached hydrogens (tertiary/aromatic N) is 2. The first-order valence-electron chi connectivity index (χ1n) is 9.17. The van der Waals surface area contributed by atoms with Crippen molar-refractivity contribution >= 4 is 51.6 Å². The predicted molar refractivity (Wildman–Crippen MR) is 120 cm³/mol. The molecule has 2 amide bonds. The largest absolute Gasteiger partial charge is 0.454 e. The number of halogens is 1. The highest BCUT2D eigenvalue weighted by Crippen LogP contribution is 2.44. The fourth-order valence-electron chi connectivity index (χ4n) is 3.48. The predicted octanol–water partition coefficient (Wildman–Crippen LogP) is 4.93. The van der Waals surface area contributed by atoms with E-state index in [0.717, 1.165) is 5.56 Å². The molecule has 2 aliphatic rings. The number of anilines is 1. The Morgan fingerprint density at radius 3 is 2.87 bits per heavy atom. The third kappa shape index (κ3) is 4.15. The van der Waals surface area contributed by atoms with E-state index in [0.29, 0.717) is 38.1 Å². The van der Waals surface area contributed by atoms with E-state index >= 15 is 0 Å². The van der Waals surface area contributed by atoms with E-state index in [4.69, 9.17) is 33.3 Å². The molecule has 0 bridgehead atoms. The van der Waals surface area contributed by atoms with Crippen molar-refractivity contribution in [3.05, 3.63) is 53.1 Å². The van der Waals surface area contributed by atoms with E-state index in [-0.39, 0.29) is 6.79 Å². The van der Waals surface area contributed by atoms with Gasteiger partial charge < -0.3 is 19.7 Å². The van der Waals surface area contributed by atoms with Crippen molar-refractivity contribution in [3.8, 4) is 11.5 Å². The Morgan fingerprint density at radius 2 is 2.10 bits per heavy atom. The van der Waals surface area contributed by atoms with Crippen molar-refractivity contribution in [1.29, 1.82) is 0 Å². The monoisotopic (exact) mass is 465 g/mol. The normalized spacial score (nSPS) is 19.1. The van der Waals surface area contributed by atoms with Crippen LogP contribution in [-0.4, -0.2) is 43.2 Å². The van der Waals surface area contributed by atoms with Crippen LogP contribution < -0.4 is 14.8 Å². The van der Waals surface area contributed by atoms with Crippen LogP contribution in [0.5, 0.6) is 11.5 Å². The lowest BCUT2D eigenvalue weighted by molar-refractivity contribution is -0.115. The molecule has 0 radical (unpaired) electrons. The topological polar surface area (TPSA) is 74.3 Å². The number of thiocarbonyl (C=S) groups is 1. The standard InChI is InChI=1S/C20H20ClN3O4S2/c1-20(2)17(24(26)18(25)22-14-5-3-4-13(21)9-14)23(19(29)30-20)10-12-6-7-15-16(8-12)28-11-27-15/h3-9,17,26H,10-11H2,1-2H3,(H,22,25)/t17-/m0/s1. The number of benzene rings is 2. The number of carbonyl (C=O) groups is 1. The maximum Gasteiger partial charge on any atom is 0.347 e. The van der Waals surface area contributed by atoms with Gasteiger partial charge in [-0.05, 0) is 49.7 Å². The number of hydroxylamine groups is 2. The summed E-state index contributed by atoms with van der Waals surface area (Å²) in [4.78, 5) is 14.6. The number of thioether (sulfide) groups is 1. The van der Waals surface area contributed by atoms with Crippen LogP contribution in [0.1, 0.15) is 19.4 Å². The summed E-state index contributed by atoms with van der Waals surface area (Å²) < 4.78 is 10.9. The van der Waals surface area contributed by atoms with E-state index in [9.17, 15) is 10.0 Å². The molecule has 0 aliphatic carbocycles. The zero-order valence-electron chi connectivity index (χ0n) is 16.3. The fraction of sp³-hybridized carbons (Fsp3) is 0.300. The molecule has 4 rings (SSSR count). The molecular formula is C20H20ClN3O4S2. The first kappa shape index (κ1) is 21.0. The van der Waals surface area contributed by atoms with E-state index in [1.54, 1.807) is 24.3 Å². The molecule has 0 spiro atoms. The second-order valence-electron chi connectivity index (χ2n) is 7.45. The molecule has 2 heterocycles. The molecular weight excluding hydrogens is 446 g/mol. The molecule has 2 aromatic rings. The number of fused-ring (bicyclic) bond motifs is 1. The summed E-state index contributed by atoms with van der Waals surface area (Å²) in [5.74, 6) is 1.36. The Morgan fingerprint density at radius 1 is 1.33 bits per heavy atom. The average molecular weight is 466 g/mol. The zero-order valence-corrected chi connectivity index (χ0v) is 18.7. The highest BCUT2D eigenvalue weighted by Gasteiger charge is 2.49. The van der Waals surface area contributed by atoms with Crippen LogP contribution >= 0.6 is 35.6 Å². The quantitative estimate of drug-likeness (QED) is 0.376. The van der Waals surface area contributed by atoms with E-state index in [1.165, 1.54) is 11.8 Å². The van der Waals surface area contributed by atoms with Crippen molar-refractivity contribution in [2.24, 2.45) is 0 Å². The number of amides is 2. The molecule has 0 unspecified atom stereocenters. The molecule has 30 heavy (non-hydrogen) atoms. The van der Waals surface area contributed by atoms with Gasteiger partial charge in [-0.1, -0.05) is 47.7 Å². The molecule has 2 N–H and O–H groups in total. The van der Waals surface area contributed by atoms with Crippen LogP contribution in [0.2, 0.25) is 5.02 Å². The van der Waals surface area contributed by atoms with Crippen molar-refractivity contribution in [2.45, 2.75) is 31.3 Å². The number of rotatable bonds is 4. The summed E-state index contributed by atoms with van der Waals surface area (Å²) >= 11 is 13.0. The summed E-state index contributed by atoms with van der Waals surface area (Å²) in [7, 11) is 0. The van der Waals surface area contributed by atoms with Gasteiger partial charge in [0.05, 0.1) is 4.75 Å². The Balaban J connectivity index is 1.55. The number of hydrogen-bond acceptors (Lipinski definition) is 6. The minimum Gasteiger partial charge on any atom is -0.454 e. The van der Waals surface area contributed by atoms with Gasteiger partial charge in [0.15, 0.2) is 11.5 Å². The molecule has 2 aromatic carbocycles. The van der Waals surface area contributed by atoms with Crippen LogP contribution in [0, 0.1) is 0 Å². The van der Waals surface area contributed by atoms with Gasteiger partial charge in [-0.2, -0.15) is 5.06 Å². The van der Waals surface area contributed by atoms with Crippen LogP contribution in [0.4, 0.5) is 10.5 Å². The molecule has 0 saturated carbocycles. The van der Waals surface area contributed by atoms with Crippen LogP contribution in [0.25, 0.3) is 0 Å². The highest BCUT2D eigenvalue weighted by molar-refractivity contribution is 8.24. The first-order valence-corrected chi connectivity index (χ1v) is 10.8. The van der Waals surface area contributed by atoms with Crippen molar-refractivity contribution in [2.75, 3.05) is 12.1 Å². The molecule has 0 aromatic heterocycles. The third-order valence-corrected chi connectivity index (χ3v) is 6.67. The van der Waals surface area contributed by atoms with Gasteiger partial charge in [0.1, 0.15) is 10.5 Å². The van der Waals surface area contributed by atoms with Crippen molar-refractivity contribution < 1.29 is 19.5 Å². The number of ether oxygens (including phenoxy) is 2. The third-order valence-electron chi connectivity index (χ3n) is 4.81. The van der Waals surface area contributed by atoms with Crippen LogP contribution in [-0.2, 0) is 6.54 Å². The Labute approximate surface area is 188 Å². The average Bonchev–Trinajstić information content (AvgIpc) is 3.22. The second kappa shape index (κ2) is 8.14. The van der Waals surface area contributed by atoms with Crippen LogP contribution in [0.15, 0.2) is 42.5 Å². The summed E-state index contributed by atoms with van der Waals surface area (Å²) in [5.41, 5.74) is 1.41. The lowest BCUT2D eigenvalue weighted by atomic mass is 10.1. The maximum atomic E-state index is 12.8. The smallest absolute Gasteiger partial charge is 0.347 e. The first-order chi connectivity index (χ1) is 14.2. The summed E-state index contributed by atoms with van der Waals surface area (Å²) in [6.07, 6.45) is -0.681. The molecule has 2 aliphatic heterocycles. The molecule has 10 heteroatoms. The number of urea groups is 1. The van der Waals surface area contributed by atoms with Gasteiger partial charge in [0, 0.05) is 17.3 Å². The number of hydrogen-bond donors (Lipinski definition) is 2. The Kier molecular flexibility index (Phi) is 5.71. The number of nitrogens with one attached hydrogen (secondary N) is 1. The van der Waals surface area contributed by atoms with Gasteiger partial charge in [0.25, 0.3) is 0 Å². The lowest BCUT2D eigenvalue weighted by Gasteiger charge is -2.36. The Hall–Kier alpha value is -2.20. The zero-order chi connectivity index (χ0) is 21.5. The van der Waals surface area contributed by atoms with E-state index < -0.39 is 16.9 Å². The minimum atomic E-state index is -0.681. The molecule has 7 nitrogen and oxygen atoms in total. The second-order valence-corrected chi connectivity index (χ2v) is 10.2. The molecule has 158 valence electrons.